The minimum atomic E-state index is -0.0518. The van der Waals surface area contributed by atoms with Crippen molar-refractivity contribution < 1.29 is 14.7 Å². The molecule has 4 rings (SSSR count). The fraction of sp³-hybridized carbons (Fsp3) is 0.455. The number of rotatable bonds is 5. The zero-order valence-corrected chi connectivity index (χ0v) is 17.1. The van der Waals surface area contributed by atoms with Gasteiger partial charge in [0.15, 0.2) is 0 Å². The predicted molar refractivity (Wildman–Crippen MR) is 113 cm³/mol. The number of hydrogen-bond donors (Lipinski definition) is 1. The Balaban J connectivity index is 1.30. The van der Waals surface area contributed by atoms with Crippen LogP contribution in [0.1, 0.15) is 29.9 Å². The molecule has 7 heteroatoms. The highest BCUT2D eigenvalue weighted by Crippen LogP contribution is 2.45. The maximum absolute atomic E-state index is 12.6. The summed E-state index contributed by atoms with van der Waals surface area (Å²) in [5.41, 5.74) is 1.68. The fourth-order valence-corrected chi connectivity index (χ4v) is 4.32. The summed E-state index contributed by atoms with van der Waals surface area (Å²) in [6.45, 7) is 7.92. The third-order valence-corrected chi connectivity index (χ3v) is 6.39. The van der Waals surface area contributed by atoms with E-state index in [9.17, 15) is 14.7 Å². The second-order valence-electron chi connectivity index (χ2n) is 8.00. The summed E-state index contributed by atoms with van der Waals surface area (Å²) in [6.07, 6.45) is 6.81. The molecule has 1 saturated carbocycles. The normalized spacial score (nSPS) is 20.7. The Hall–Kier alpha value is -2.31. The maximum atomic E-state index is 12.6. The van der Waals surface area contributed by atoms with E-state index in [0.29, 0.717) is 35.6 Å². The summed E-state index contributed by atoms with van der Waals surface area (Å²) in [4.78, 5) is 30.1. The van der Waals surface area contributed by atoms with Crippen LogP contribution in [-0.4, -0.2) is 76.9 Å². The van der Waals surface area contributed by atoms with Crippen molar-refractivity contribution >= 4 is 29.5 Å². The molecule has 1 N–H and O–H groups in total. The van der Waals surface area contributed by atoms with Crippen LogP contribution in [-0.2, 0) is 9.59 Å². The monoisotopic (exact) mass is 415 g/mol. The van der Waals surface area contributed by atoms with Gasteiger partial charge in [0, 0.05) is 62.0 Å². The predicted octanol–water partition coefficient (Wildman–Crippen LogP) is 2.48. The van der Waals surface area contributed by atoms with Crippen molar-refractivity contribution in [3.05, 3.63) is 47.0 Å². The van der Waals surface area contributed by atoms with Gasteiger partial charge in [0.1, 0.15) is 5.75 Å². The van der Waals surface area contributed by atoms with Crippen molar-refractivity contribution in [3.8, 4) is 5.75 Å². The Bertz CT molecular complexity index is 851. The van der Waals surface area contributed by atoms with Gasteiger partial charge in [0.05, 0.1) is 0 Å². The molecule has 2 heterocycles. The third kappa shape index (κ3) is 4.33. The molecule has 0 spiro atoms. The van der Waals surface area contributed by atoms with Crippen LogP contribution in [0.5, 0.6) is 5.75 Å². The minimum absolute atomic E-state index is 0.0181. The topological polar surface area (TPSA) is 64.1 Å². The number of benzene rings is 1. The number of likely N-dealkylation sites (tertiary alicyclic amines) is 1. The second-order valence-corrected chi connectivity index (χ2v) is 8.41. The number of nitrogens with zero attached hydrogens (tertiary/aromatic N) is 3. The second kappa shape index (κ2) is 8.20. The molecule has 0 aromatic heterocycles. The van der Waals surface area contributed by atoms with E-state index in [-0.39, 0.29) is 17.6 Å². The highest BCUT2D eigenvalue weighted by molar-refractivity contribution is 6.31. The van der Waals surface area contributed by atoms with Crippen molar-refractivity contribution in [2.45, 2.75) is 24.8 Å². The van der Waals surface area contributed by atoms with E-state index in [1.54, 1.807) is 17.0 Å². The molecule has 2 amide bonds. The average Bonchev–Trinajstić information content (AvgIpc) is 3.51. The van der Waals surface area contributed by atoms with Crippen LogP contribution in [0.4, 0.5) is 0 Å². The molecule has 1 aromatic rings. The van der Waals surface area contributed by atoms with Crippen LogP contribution in [0, 0.1) is 0 Å². The van der Waals surface area contributed by atoms with Crippen molar-refractivity contribution in [2.75, 3.05) is 39.3 Å². The smallest absolute Gasteiger partial charge is 0.246 e. The minimum Gasteiger partial charge on any atom is -0.507 e. The molecule has 3 fully saturated rings. The molecule has 2 aliphatic heterocycles. The van der Waals surface area contributed by atoms with Crippen molar-refractivity contribution in [2.24, 2.45) is 0 Å². The Morgan fingerprint density at radius 3 is 2.38 bits per heavy atom. The molecule has 0 atom stereocenters. The maximum Gasteiger partial charge on any atom is 0.246 e. The number of phenolic OH excluding ortho intramolecular Hbond substituents is 1. The largest absolute Gasteiger partial charge is 0.507 e. The molecule has 1 aliphatic carbocycles. The molecule has 154 valence electrons. The van der Waals surface area contributed by atoms with E-state index in [4.69, 9.17) is 11.6 Å². The van der Waals surface area contributed by atoms with Crippen LogP contribution < -0.4 is 0 Å². The molecule has 0 bridgehead atoms. The lowest BCUT2D eigenvalue weighted by molar-refractivity contribution is -0.134. The number of phenols is 1. The highest BCUT2D eigenvalue weighted by atomic mass is 35.5. The van der Waals surface area contributed by atoms with Crippen molar-refractivity contribution in [1.82, 2.24) is 14.7 Å². The van der Waals surface area contributed by atoms with Crippen LogP contribution >= 0.6 is 11.6 Å². The van der Waals surface area contributed by atoms with E-state index >= 15 is 0 Å². The summed E-state index contributed by atoms with van der Waals surface area (Å²) in [6, 6.07) is 3.83. The average molecular weight is 416 g/mol. The zero-order chi connectivity index (χ0) is 20.5. The van der Waals surface area contributed by atoms with E-state index in [1.165, 1.54) is 12.2 Å². The van der Waals surface area contributed by atoms with Crippen LogP contribution in [0.25, 0.3) is 6.08 Å². The number of piperazine rings is 1. The van der Waals surface area contributed by atoms with Crippen molar-refractivity contribution in [3.63, 3.8) is 0 Å². The van der Waals surface area contributed by atoms with Gasteiger partial charge < -0.3 is 14.9 Å². The lowest BCUT2D eigenvalue weighted by atomic mass is 10.0. The zero-order valence-electron chi connectivity index (χ0n) is 16.4. The van der Waals surface area contributed by atoms with E-state index in [1.807, 2.05) is 11.0 Å². The first-order valence-electron chi connectivity index (χ1n) is 10.1. The SMILES string of the molecule is C=CC(=O)N1CC(N2CCN(C(=O)C=Cc3cc(C4CC4)c(Cl)cc3O)CC2)C1. The molecule has 6 nitrogen and oxygen atoms in total. The lowest BCUT2D eigenvalue weighted by Crippen LogP contribution is -2.64. The lowest BCUT2D eigenvalue weighted by Gasteiger charge is -2.47. The number of halogens is 1. The van der Waals surface area contributed by atoms with Crippen LogP contribution in [0.2, 0.25) is 5.02 Å². The van der Waals surface area contributed by atoms with Crippen LogP contribution in [0.3, 0.4) is 0 Å². The van der Waals surface area contributed by atoms with E-state index in [0.717, 1.165) is 44.6 Å². The molecule has 2 saturated heterocycles. The van der Waals surface area contributed by atoms with Gasteiger partial charge in [-0.15, -0.1) is 0 Å². The quantitative estimate of drug-likeness (QED) is 0.750. The molecular weight excluding hydrogens is 390 g/mol. The molecule has 1 aromatic carbocycles. The van der Waals surface area contributed by atoms with Gasteiger partial charge in [-0.3, -0.25) is 14.5 Å². The van der Waals surface area contributed by atoms with Gasteiger partial charge in [-0.25, -0.2) is 0 Å². The van der Waals surface area contributed by atoms with Crippen LogP contribution in [0.15, 0.2) is 30.9 Å². The fourth-order valence-electron chi connectivity index (χ4n) is 4.01. The third-order valence-electron chi connectivity index (χ3n) is 6.06. The molecule has 29 heavy (non-hydrogen) atoms. The molecular formula is C22H26ClN3O3. The first-order valence-corrected chi connectivity index (χ1v) is 10.5. The highest BCUT2D eigenvalue weighted by Gasteiger charge is 2.35. The Kier molecular flexibility index (Phi) is 5.65. The first-order chi connectivity index (χ1) is 14.0. The summed E-state index contributed by atoms with van der Waals surface area (Å²) >= 11 is 6.22. The van der Waals surface area contributed by atoms with Gasteiger partial charge in [-0.1, -0.05) is 18.2 Å². The summed E-state index contributed by atoms with van der Waals surface area (Å²) < 4.78 is 0. The Morgan fingerprint density at radius 2 is 1.76 bits per heavy atom. The van der Waals surface area contributed by atoms with Gasteiger partial charge in [-0.2, -0.15) is 0 Å². The van der Waals surface area contributed by atoms with E-state index < -0.39 is 0 Å². The van der Waals surface area contributed by atoms with Gasteiger partial charge in [0.2, 0.25) is 11.8 Å². The van der Waals surface area contributed by atoms with E-state index in [2.05, 4.69) is 11.5 Å². The summed E-state index contributed by atoms with van der Waals surface area (Å²) in [5.74, 6) is 0.500. The summed E-state index contributed by atoms with van der Waals surface area (Å²) in [5, 5.41) is 10.7. The van der Waals surface area contributed by atoms with Crippen molar-refractivity contribution in [1.29, 1.82) is 0 Å². The first kappa shape index (κ1) is 20.0. The van der Waals surface area contributed by atoms with Gasteiger partial charge in [-0.05, 0) is 48.6 Å². The van der Waals surface area contributed by atoms with Gasteiger partial charge in [0.25, 0.3) is 0 Å². The van der Waals surface area contributed by atoms with Gasteiger partial charge >= 0.3 is 0 Å². The number of carbonyl (C=O) groups is 2. The standard InChI is InChI=1S/C22H26ClN3O3/c1-2-21(28)26-13-17(14-26)24-7-9-25(10-8-24)22(29)6-5-16-11-18(15-3-4-15)19(23)12-20(16)27/h2,5-6,11-12,15,17,27H,1,3-4,7-10,13-14H2. The Labute approximate surface area is 176 Å². The number of amides is 2. The Morgan fingerprint density at radius 1 is 1.07 bits per heavy atom. The molecule has 0 radical (unpaired) electrons. The summed E-state index contributed by atoms with van der Waals surface area (Å²) in [7, 11) is 0. The molecule has 0 unspecified atom stereocenters. The molecule has 3 aliphatic rings. The number of carbonyl (C=O) groups excluding carboxylic acids is 2. The number of aromatic hydroxyl groups is 1. The number of hydrogen-bond acceptors (Lipinski definition) is 4.